The van der Waals surface area contributed by atoms with Crippen molar-refractivity contribution >= 4 is 0 Å². The molecule has 0 saturated carbocycles. The van der Waals surface area contributed by atoms with Crippen LogP contribution in [0.3, 0.4) is 0 Å². The van der Waals surface area contributed by atoms with Crippen molar-refractivity contribution in [1.29, 1.82) is 0 Å². The molecule has 0 saturated heterocycles. The minimum Gasteiger partial charge on any atom is -0.379 e. The van der Waals surface area contributed by atoms with E-state index in [1.54, 1.807) is 0 Å². The van der Waals surface area contributed by atoms with Crippen molar-refractivity contribution in [2.45, 2.75) is 33.1 Å². The van der Waals surface area contributed by atoms with Gasteiger partial charge in [-0.3, -0.25) is 0 Å². The van der Waals surface area contributed by atoms with Crippen LogP contribution in [-0.4, -0.2) is 39.6 Å². The minimum absolute atomic E-state index is 0.643. The monoisotopic (exact) mass is 280 g/mol. The maximum absolute atomic E-state index is 5.56. The highest BCUT2D eigenvalue weighted by molar-refractivity contribution is 5.22. The van der Waals surface area contributed by atoms with Gasteiger partial charge in [0.1, 0.15) is 0 Å². The molecular weight excluding hydrogens is 252 g/mol. The first-order valence-electron chi connectivity index (χ1n) is 7.67. The molecule has 0 aliphatic rings. The average molecular weight is 280 g/mol. The predicted molar refractivity (Wildman–Crippen MR) is 82.3 cm³/mol. The summed E-state index contributed by atoms with van der Waals surface area (Å²) in [7, 11) is 0. The van der Waals surface area contributed by atoms with Gasteiger partial charge in [-0.15, -0.1) is 0 Å². The minimum atomic E-state index is 0.643. The Balaban J connectivity index is 1.91. The number of benzene rings is 1. The maximum Gasteiger partial charge on any atom is 0.0701 e. The molecule has 0 atom stereocenters. The van der Waals surface area contributed by atoms with Gasteiger partial charge in [-0.1, -0.05) is 38.1 Å². The normalized spacial score (nSPS) is 10.9. The van der Waals surface area contributed by atoms with Crippen LogP contribution in [0, 0.1) is 0 Å². The summed E-state index contributed by atoms with van der Waals surface area (Å²) in [6.07, 6.45) is 3.11. The van der Waals surface area contributed by atoms with Gasteiger partial charge >= 0.3 is 0 Å². The second kappa shape index (κ2) is 11.9. The van der Waals surface area contributed by atoms with Crippen molar-refractivity contribution < 1.29 is 14.2 Å². The zero-order valence-corrected chi connectivity index (χ0v) is 12.9. The molecule has 0 heterocycles. The van der Waals surface area contributed by atoms with Crippen LogP contribution in [0.4, 0.5) is 0 Å². The molecule has 0 bridgehead atoms. The molecule has 0 aromatic heterocycles. The lowest BCUT2D eigenvalue weighted by atomic mass is 10.1. The topological polar surface area (TPSA) is 27.7 Å². The SMILES string of the molecule is CCCOCCOCCOCCc1ccc(CC)cc1. The Hall–Kier alpha value is -0.900. The summed E-state index contributed by atoms with van der Waals surface area (Å²) in [6, 6.07) is 8.75. The quantitative estimate of drug-likeness (QED) is 0.550. The predicted octanol–water partition coefficient (Wildman–Crippen LogP) is 3.25. The summed E-state index contributed by atoms with van der Waals surface area (Å²) in [6.45, 7) is 8.47. The third-order valence-electron chi connectivity index (χ3n) is 3.06. The van der Waals surface area contributed by atoms with Gasteiger partial charge in [-0.05, 0) is 30.4 Å². The number of ether oxygens (including phenoxy) is 3. The van der Waals surface area contributed by atoms with Gasteiger partial charge in [-0.25, -0.2) is 0 Å². The average Bonchev–Trinajstić information content (AvgIpc) is 2.50. The Morgan fingerprint density at radius 2 is 1.15 bits per heavy atom. The molecule has 3 nitrogen and oxygen atoms in total. The van der Waals surface area contributed by atoms with Crippen LogP contribution in [0.1, 0.15) is 31.4 Å². The van der Waals surface area contributed by atoms with Crippen LogP contribution in [0.25, 0.3) is 0 Å². The van der Waals surface area contributed by atoms with Crippen molar-refractivity contribution in [3.63, 3.8) is 0 Å². The number of rotatable bonds is 12. The summed E-state index contributed by atoms with van der Waals surface area (Å²) in [5, 5.41) is 0. The highest BCUT2D eigenvalue weighted by Crippen LogP contribution is 2.05. The summed E-state index contributed by atoms with van der Waals surface area (Å²) in [5.41, 5.74) is 2.71. The first-order valence-corrected chi connectivity index (χ1v) is 7.67. The van der Waals surface area contributed by atoms with Crippen molar-refractivity contribution in [2.24, 2.45) is 0 Å². The third-order valence-corrected chi connectivity index (χ3v) is 3.06. The zero-order chi connectivity index (χ0) is 14.5. The summed E-state index contributed by atoms with van der Waals surface area (Å²) in [5.74, 6) is 0. The number of hydrogen-bond acceptors (Lipinski definition) is 3. The molecule has 0 spiro atoms. The van der Waals surface area contributed by atoms with Crippen molar-refractivity contribution in [2.75, 3.05) is 39.6 Å². The number of hydrogen-bond donors (Lipinski definition) is 0. The van der Waals surface area contributed by atoms with Crippen LogP contribution in [-0.2, 0) is 27.1 Å². The van der Waals surface area contributed by atoms with Gasteiger partial charge < -0.3 is 14.2 Å². The van der Waals surface area contributed by atoms with Crippen molar-refractivity contribution in [1.82, 2.24) is 0 Å². The highest BCUT2D eigenvalue weighted by Gasteiger charge is 1.95. The Bertz CT molecular complexity index is 322. The van der Waals surface area contributed by atoms with E-state index in [9.17, 15) is 0 Å². The van der Waals surface area contributed by atoms with Gasteiger partial charge in [0, 0.05) is 6.61 Å². The molecule has 0 radical (unpaired) electrons. The van der Waals surface area contributed by atoms with E-state index in [4.69, 9.17) is 14.2 Å². The smallest absolute Gasteiger partial charge is 0.0701 e. The highest BCUT2D eigenvalue weighted by atomic mass is 16.5. The molecule has 0 aliphatic heterocycles. The summed E-state index contributed by atoms with van der Waals surface area (Å²) >= 11 is 0. The lowest BCUT2D eigenvalue weighted by Gasteiger charge is -2.07. The van der Waals surface area contributed by atoms with Gasteiger partial charge in [0.15, 0.2) is 0 Å². The molecule has 0 aliphatic carbocycles. The zero-order valence-electron chi connectivity index (χ0n) is 12.9. The van der Waals surface area contributed by atoms with Gasteiger partial charge in [0.25, 0.3) is 0 Å². The molecular formula is C17H28O3. The van der Waals surface area contributed by atoms with Crippen LogP contribution < -0.4 is 0 Å². The second-order valence-corrected chi connectivity index (χ2v) is 4.76. The second-order valence-electron chi connectivity index (χ2n) is 4.76. The Kier molecular flexibility index (Phi) is 10.2. The van der Waals surface area contributed by atoms with E-state index < -0.39 is 0 Å². The Labute approximate surface area is 123 Å². The van der Waals surface area contributed by atoms with Gasteiger partial charge in [-0.2, -0.15) is 0 Å². The fourth-order valence-corrected chi connectivity index (χ4v) is 1.82. The molecule has 1 aromatic carbocycles. The fourth-order valence-electron chi connectivity index (χ4n) is 1.82. The summed E-state index contributed by atoms with van der Waals surface area (Å²) < 4.78 is 16.3. The summed E-state index contributed by atoms with van der Waals surface area (Å²) in [4.78, 5) is 0. The van der Waals surface area contributed by atoms with E-state index in [2.05, 4.69) is 38.1 Å². The molecule has 20 heavy (non-hydrogen) atoms. The van der Waals surface area contributed by atoms with Crippen LogP contribution >= 0.6 is 0 Å². The van der Waals surface area contributed by atoms with Gasteiger partial charge in [0.05, 0.1) is 33.0 Å². The Morgan fingerprint density at radius 3 is 1.70 bits per heavy atom. The van der Waals surface area contributed by atoms with E-state index >= 15 is 0 Å². The molecule has 1 aromatic rings. The largest absolute Gasteiger partial charge is 0.379 e. The van der Waals surface area contributed by atoms with Crippen LogP contribution in [0.5, 0.6) is 0 Å². The van der Waals surface area contributed by atoms with Crippen molar-refractivity contribution in [3.8, 4) is 0 Å². The Morgan fingerprint density at radius 1 is 0.650 bits per heavy atom. The third kappa shape index (κ3) is 8.31. The molecule has 1 rings (SSSR count). The molecule has 0 fully saturated rings. The lowest BCUT2D eigenvalue weighted by molar-refractivity contribution is 0.0152. The fraction of sp³-hybridized carbons (Fsp3) is 0.647. The van der Waals surface area contributed by atoms with Crippen LogP contribution in [0.15, 0.2) is 24.3 Å². The van der Waals surface area contributed by atoms with E-state index in [0.29, 0.717) is 26.4 Å². The molecule has 114 valence electrons. The van der Waals surface area contributed by atoms with E-state index in [-0.39, 0.29) is 0 Å². The first-order chi connectivity index (χ1) is 9.86. The number of aryl methyl sites for hydroxylation is 1. The maximum atomic E-state index is 5.56. The molecule has 0 N–H and O–H groups in total. The first kappa shape index (κ1) is 17.2. The van der Waals surface area contributed by atoms with Crippen molar-refractivity contribution in [3.05, 3.63) is 35.4 Å². The standard InChI is InChI=1S/C17H28O3/c1-3-10-18-12-14-20-15-13-19-11-9-17-7-5-16(4-2)6-8-17/h5-8H,3-4,9-15H2,1-2H3. The molecule has 3 heteroatoms. The molecule has 0 amide bonds. The van der Waals surface area contributed by atoms with E-state index in [1.165, 1.54) is 11.1 Å². The van der Waals surface area contributed by atoms with E-state index in [0.717, 1.165) is 32.5 Å². The molecule has 0 unspecified atom stereocenters. The van der Waals surface area contributed by atoms with Crippen LogP contribution in [0.2, 0.25) is 0 Å². The lowest BCUT2D eigenvalue weighted by Crippen LogP contribution is -2.10. The van der Waals surface area contributed by atoms with E-state index in [1.807, 2.05) is 0 Å². The van der Waals surface area contributed by atoms with Gasteiger partial charge in [0.2, 0.25) is 0 Å².